The lowest BCUT2D eigenvalue weighted by molar-refractivity contribution is -0.153. The highest BCUT2D eigenvalue weighted by Gasteiger charge is 2.32. The molecular formula is C21H15ClF6N4O2. The predicted octanol–water partition coefficient (Wildman–Crippen LogP) is 5.64. The number of rotatable bonds is 6. The molecule has 1 aromatic carbocycles. The Balaban J connectivity index is 1.81. The fourth-order valence-corrected chi connectivity index (χ4v) is 3.10. The molecule has 34 heavy (non-hydrogen) atoms. The predicted molar refractivity (Wildman–Crippen MR) is 109 cm³/mol. The highest BCUT2D eigenvalue weighted by atomic mass is 35.5. The minimum atomic E-state index is -4.69. The largest absolute Gasteiger partial charge is 0.483 e. The molecule has 13 heteroatoms. The molecule has 0 aliphatic rings. The smallest absolute Gasteiger partial charge is 0.422 e. The Kier molecular flexibility index (Phi) is 7.29. The number of halogens is 7. The standard InChI is InChI=1S/C21H15ClF6N4O2/c1-11(32-19(33)12-6-13(21(26,27)28)8-14(22)7-12)17-18(30-5-4-29-17)16-3-2-15(9-31-16)34-10-20(23,24)25/h2-9,11H,10H2,1H3,(H,32,33). The van der Waals surface area contributed by atoms with Crippen molar-refractivity contribution in [3.63, 3.8) is 0 Å². The maximum atomic E-state index is 13.0. The Morgan fingerprint density at radius 1 is 1.06 bits per heavy atom. The molecule has 0 saturated carbocycles. The van der Waals surface area contributed by atoms with E-state index in [9.17, 15) is 31.1 Å². The molecule has 0 bridgehead atoms. The van der Waals surface area contributed by atoms with Gasteiger partial charge in [0.1, 0.15) is 11.4 Å². The highest BCUT2D eigenvalue weighted by molar-refractivity contribution is 6.31. The highest BCUT2D eigenvalue weighted by Crippen LogP contribution is 2.32. The summed E-state index contributed by atoms with van der Waals surface area (Å²) >= 11 is 5.74. The number of alkyl halides is 6. The van der Waals surface area contributed by atoms with Gasteiger partial charge in [-0.25, -0.2) is 0 Å². The fourth-order valence-electron chi connectivity index (χ4n) is 2.87. The average Bonchev–Trinajstić information content (AvgIpc) is 2.76. The summed E-state index contributed by atoms with van der Waals surface area (Å²) in [5, 5.41) is 2.27. The van der Waals surface area contributed by atoms with Crippen molar-refractivity contribution < 1.29 is 35.9 Å². The lowest BCUT2D eigenvalue weighted by Crippen LogP contribution is -2.28. The van der Waals surface area contributed by atoms with E-state index in [1.807, 2.05) is 0 Å². The van der Waals surface area contributed by atoms with Crippen LogP contribution in [-0.4, -0.2) is 33.6 Å². The Labute approximate surface area is 194 Å². The molecule has 2 aromatic heterocycles. The average molecular weight is 505 g/mol. The van der Waals surface area contributed by atoms with Gasteiger partial charge in [0.15, 0.2) is 6.61 Å². The summed E-state index contributed by atoms with van der Waals surface area (Å²) in [6, 6.07) is 4.27. The van der Waals surface area contributed by atoms with Crippen LogP contribution in [-0.2, 0) is 6.18 Å². The Hall–Kier alpha value is -3.41. The second-order valence-corrected chi connectivity index (χ2v) is 7.43. The number of hydrogen-bond donors (Lipinski definition) is 1. The zero-order chi connectivity index (χ0) is 25.1. The van der Waals surface area contributed by atoms with Crippen molar-refractivity contribution in [2.24, 2.45) is 0 Å². The van der Waals surface area contributed by atoms with E-state index >= 15 is 0 Å². The SMILES string of the molecule is CC(NC(=O)c1cc(Cl)cc(C(F)(F)F)c1)c1nccnc1-c1ccc(OCC(F)(F)F)cn1. The van der Waals surface area contributed by atoms with Crippen LogP contribution in [0.4, 0.5) is 26.3 Å². The minimum Gasteiger partial charge on any atom is -0.483 e. The fraction of sp³-hybridized carbons (Fsp3) is 0.238. The van der Waals surface area contributed by atoms with Gasteiger partial charge in [0.25, 0.3) is 5.91 Å². The molecule has 1 N–H and O–H groups in total. The van der Waals surface area contributed by atoms with Crippen molar-refractivity contribution >= 4 is 17.5 Å². The third-order valence-corrected chi connectivity index (χ3v) is 4.57. The number of aromatic nitrogens is 3. The minimum absolute atomic E-state index is 0.116. The Morgan fingerprint density at radius 2 is 1.76 bits per heavy atom. The number of amides is 1. The second-order valence-electron chi connectivity index (χ2n) is 6.99. The van der Waals surface area contributed by atoms with Crippen LogP contribution < -0.4 is 10.1 Å². The first-order chi connectivity index (χ1) is 15.8. The van der Waals surface area contributed by atoms with Gasteiger partial charge in [-0.15, -0.1) is 0 Å². The topological polar surface area (TPSA) is 77.0 Å². The second kappa shape index (κ2) is 9.84. The van der Waals surface area contributed by atoms with Crippen molar-refractivity contribution in [3.8, 4) is 17.1 Å². The number of pyridine rings is 1. The normalized spacial score (nSPS) is 12.8. The van der Waals surface area contributed by atoms with Crippen molar-refractivity contribution in [1.29, 1.82) is 0 Å². The molecule has 0 aliphatic carbocycles. The van der Waals surface area contributed by atoms with E-state index in [1.54, 1.807) is 0 Å². The quantitative estimate of drug-likeness (QED) is 0.439. The number of carbonyl (C=O) groups is 1. The van der Waals surface area contributed by atoms with E-state index in [0.717, 1.165) is 12.3 Å². The van der Waals surface area contributed by atoms with E-state index in [-0.39, 0.29) is 33.4 Å². The summed E-state index contributed by atoms with van der Waals surface area (Å²) in [4.78, 5) is 24.9. The molecule has 0 fully saturated rings. The molecule has 0 aliphatic heterocycles. The summed E-state index contributed by atoms with van der Waals surface area (Å²) in [6.07, 6.45) is -5.44. The maximum absolute atomic E-state index is 13.0. The molecule has 1 atom stereocenters. The van der Waals surface area contributed by atoms with Crippen molar-refractivity contribution in [3.05, 3.63) is 70.8 Å². The van der Waals surface area contributed by atoms with Crippen molar-refractivity contribution in [1.82, 2.24) is 20.3 Å². The number of benzene rings is 1. The molecule has 3 aromatic rings. The zero-order valence-electron chi connectivity index (χ0n) is 17.2. The van der Waals surface area contributed by atoms with Gasteiger partial charge in [-0.1, -0.05) is 11.6 Å². The van der Waals surface area contributed by atoms with Gasteiger partial charge < -0.3 is 10.1 Å². The van der Waals surface area contributed by atoms with Crippen LogP contribution in [0.1, 0.15) is 34.6 Å². The van der Waals surface area contributed by atoms with Gasteiger partial charge >= 0.3 is 12.4 Å². The molecule has 6 nitrogen and oxygen atoms in total. The van der Waals surface area contributed by atoms with E-state index in [2.05, 4.69) is 25.0 Å². The van der Waals surface area contributed by atoms with E-state index in [1.165, 1.54) is 31.5 Å². The maximum Gasteiger partial charge on any atom is 0.422 e. The lowest BCUT2D eigenvalue weighted by Gasteiger charge is -2.17. The Morgan fingerprint density at radius 3 is 2.38 bits per heavy atom. The third kappa shape index (κ3) is 6.56. The number of nitrogens with one attached hydrogen (secondary N) is 1. The number of ether oxygens (including phenoxy) is 1. The first-order valence-corrected chi connectivity index (χ1v) is 9.87. The molecule has 0 spiro atoms. The van der Waals surface area contributed by atoms with E-state index in [0.29, 0.717) is 12.1 Å². The van der Waals surface area contributed by atoms with Gasteiger partial charge in [-0.2, -0.15) is 26.3 Å². The van der Waals surface area contributed by atoms with Crippen LogP contribution in [0.5, 0.6) is 5.75 Å². The number of carbonyl (C=O) groups excluding carboxylic acids is 1. The first kappa shape index (κ1) is 25.2. The van der Waals surface area contributed by atoms with Gasteiger partial charge in [-0.3, -0.25) is 19.7 Å². The van der Waals surface area contributed by atoms with Gasteiger partial charge in [0, 0.05) is 23.0 Å². The monoisotopic (exact) mass is 504 g/mol. The van der Waals surface area contributed by atoms with Crippen molar-refractivity contribution in [2.45, 2.75) is 25.3 Å². The van der Waals surface area contributed by atoms with Gasteiger partial charge in [0.2, 0.25) is 0 Å². The van der Waals surface area contributed by atoms with Crippen LogP contribution >= 0.6 is 11.6 Å². The van der Waals surface area contributed by atoms with Crippen LogP contribution in [0.2, 0.25) is 5.02 Å². The lowest BCUT2D eigenvalue weighted by atomic mass is 10.1. The summed E-state index contributed by atoms with van der Waals surface area (Å²) in [5.74, 6) is -0.949. The zero-order valence-corrected chi connectivity index (χ0v) is 18.0. The van der Waals surface area contributed by atoms with Crippen LogP contribution in [0.25, 0.3) is 11.4 Å². The van der Waals surface area contributed by atoms with Crippen LogP contribution in [0.15, 0.2) is 48.9 Å². The summed E-state index contributed by atoms with van der Waals surface area (Å²) in [6.45, 7) is 0.0501. The third-order valence-electron chi connectivity index (χ3n) is 4.35. The molecule has 3 rings (SSSR count). The van der Waals surface area contributed by atoms with E-state index in [4.69, 9.17) is 11.6 Å². The molecule has 1 amide bonds. The summed E-state index contributed by atoms with van der Waals surface area (Å²) in [7, 11) is 0. The first-order valence-electron chi connectivity index (χ1n) is 9.49. The molecule has 1 unspecified atom stereocenters. The van der Waals surface area contributed by atoms with Gasteiger partial charge in [-0.05, 0) is 37.3 Å². The Bertz CT molecular complexity index is 1170. The summed E-state index contributed by atoms with van der Waals surface area (Å²) in [5.41, 5.74) is -0.716. The summed E-state index contributed by atoms with van der Waals surface area (Å²) < 4.78 is 80.6. The molecular weight excluding hydrogens is 490 g/mol. The van der Waals surface area contributed by atoms with Crippen LogP contribution in [0, 0.1) is 0 Å². The molecule has 0 radical (unpaired) electrons. The van der Waals surface area contributed by atoms with Gasteiger partial charge in [0.05, 0.1) is 29.2 Å². The molecule has 2 heterocycles. The number of hydrogen-bond acceptors (Lipinski definition) is 5. The van der Waals surface area contributed by atoms with Crippen molar-refractivity contribution in [2.75, 3.05) is 6.61 Å². The van der Waals surface area contributed by atoms with Crippen LogP contribution in [0.3, 0.4) is 0 Å². The number of nitrogens with zero attached hydrogens (tertiary/aromatic N) is 3. The molecule has 180 valence electrons. The van der Waals surface area contributed by atoms with E-state index < -0.39 is 36.5 Å². The molecule has 0 saturated heterocycles.